The lowest BCUT2D eigenvalue weighted by Crippen LogP contribution is -2.29. The second-order valence-corrected chi connectivity index (χ2v) is 5.08. The highest BCUT2D eigenvalue weighted by atomic mass is 16.2. The van der Waals surface area contributed by atoms with Gasteiger partial charge in [0.1, 0.15) is 0 Å². The van der Waals surface area contributed by atoms with Gasteiger partial charge < -0.3 is 10.2 Å². The molecule has 0 radical (unpaired) electrons. The lowest BCUT2D eigenvalue weighted by atomic mass is 10.1. The van der Waals surface area contributed by atoms with Gasteiger partial charge in [-0.1, -0.05) is 0 Å². The molecule has 1 aliphatic heterocycles. The molecular weight excluding hydrogens is 270 g/mol. The second-order valence-electron chi connectivity index (χ2n) is 5.08. The van der Waals surface area contributed by atoms with Crippen LogP contribution in [-0.4, -0.2) is 34.2 Å². The van der Waals surface area contributed by atoms with Crippen molar-refractivity contribution >= 4 is 17.3 Å². The highest BCUT2D eigenvalue weighted by Crippen LogP contribution is 2.21. The highest BCUT2D eigenvalue weighted by molar-refractivity contribution is 6.01. The number of amides is 1. The van der Waals surface area contributed by atoms with E-state index in [4.69, 9.17) is 0 Å². The summed E-state index contributed by atoms with van der Waals surface area (Å²) in [5.41, 5.74) is 1.34. The lowest BCUT2D eigenvalue weighted by molar-refractivity contribution is 0.101. The van der Waals surface area contributed by atoms with Gasteiger partial charge in [-0.15, -0.1) is 5.10 Å². The molecule has 1 aromatic carbocycles. The Morgan fingerprint density at radius 2 is 1.86 bits per heavy atom. The predicted octanol–water partition coefficient (Wildman–Crippen LogP) is 1.34. The van der Waals surface area contributed by atoms with E-state index in [0.29, 0.717) is 5.69 Å². The maximum Gasteiger partial charge on any atom is 0.341 e. The first kappa shape index (κ1) is 13.4. The van der Waals surface area contributed by atoms with Gasteiger partial charge in [0.25, 0.3) is 5.91 Å². The third-order valence-corrected chi connectivity index (χ3v) is 3.56. The molecule has 1 amide bonds. The maximum absolute atomic E-state index is 11.8. The number of anilines is 2. The molecule has 2 heterocycles. The fourth-order valence-electron chi connectivity index (χ4n) is 2.48. The highest BCUT2D eigenvalue weighted by Gasteiger charge is 2.12. The number of carbonyl (C=O) groups is 1. The van der Waals surface area contributed by atoms with Crippen molar-refractivity contribution in [3.05, 3.63) is 40.6 Å². The quantitative estimate of drug-likeness (QED) is 0.794. The van der Waals surface area contributed by atoms with Crippen molar-refractivity contribution in [2.75, 3.05) is 23.3 Å². The number of piperidine rings is 1. The van der Waals surface area contributed by atoms with E-state index in [-0.39, 0.29) is 5.82 Å². The number of aromatic amines is 2. The van der Waals surface area contributed by atoms with Gasteiger partial charge in [-0.05, 0) is 43.5 Å². The molecular formula is C14H17N5O2. The summed E-state index contributed by atoms with van der Waals surface area (Å²) in [6.45, 7) is 2.17. The van der Waals surface area contributed by atoms with Gasteiger partial charge >= 0.3 is 5.69 Å². The summed E-state index contributed by atoms with van der Waals surface area (Å²) in [6.07, 6.45) is 3.75. The maximum atomic E-state index is 11.8. The first-order valence-electron chi connectivity index (χ1n) is 7.03. The topological polar surface area (TPSA) is 93.9 Å². The predicted molar refractivity (Wildman–Crippen MR) is 79.7 cm³/mol. The number of hydrogen-bond donors (Lipinski definition) is 3. The SMILES string of the molecule is O=C(Nc1ccc(N2CCCCC2)cc1)c1n[nH]c(=O)[nH]1. The van der Waals surface area contributed by atoms with Gasteiger partial charge in [0.05, 0.1) is 0 Å². The van der Waals surface area contributed by atoms with E-state index in [0.717, 1.165) is 13.1 Å². The largest absolute Gasteiger partial charge is 0.372 e. The van der Waals surface area contributed by atoms with Gasteiger partial charge in [0, 0.05) is 24.5 Å². The first-order valence-corrected chi connectivity index (χ1v) is 7.03. The Morgan fingerprint density at radius 1 is 1.14 bits per heavy atom. The summed E-state index contributed by atoms with van der Waals surface area (Å²) in [5.74, 6) is -0.473. The van der Waals surface area contributed by atoms with Crippen LogP contribution in [0.5, 0.6) is 0 Å². The number of aromatic nitrogens is 3. The number of rotatable bonds is 3. The van der Waals surface area contributed by atoms with Crippen LogP contribution in [0.2, 0.25) is 0 Å². The Balaban J connectivity index is 1.66. The van der Waals surface area contributed by atoms with Crippen LogP contribution in [0.4, 0.5) is 11.4 Å². The molecule has 0 aliphatic carbocycles. The number of carbonyl (C=O) groups excluding carboxylic acids is 1. The molecule has 7 nitrogen and oxygen atoms in total. The van der Waals surface area contributed by atoms with Crippen molar-refractivity contribution in [2.45, 2.75) is 19.3 Å². The molecule has 0 spiro atoms. The van der Waals surface area contributed by atoms with Crippen LogP contribution in [0, 0.1) is 0 Å². The van der Waals surface area contributed by atoms with Gasteiger partial charge in [0.15, 0.2) is 0 Å². The van der Waals surface area contributed by atoms with E-state index in [9.17, 15) is 9.59 Å². The summed E-state index contributed by atoms with van der Waals surface area (Å²) in [7, 11) is 0. The molecule has 0 bridgehead atoms. The van der Waals surface area contributed by atoms with Crippen molar-refractivity contribution in [3.8, 4) is 0 Å². The van der Waals surface area contributed by atoms with E-state index in [2.05, 4.69) is 25.4 Å². The van der Waals surface area contributed by atoms with Gasteiger partial charge in [-0.2, -0.15) is 0 Å². The van der Waals surface area contributed by atoms with Crippen LogP contribution in [-0.2, 0) is 0 Å². The van der Waals surface area contributed by atoms with Crippen LogP contribution in [0.25, 0.3) is 0 Å². The van der Waals surface area contributed by atoms with Crippen molar-refractivity contribution in [1.29, 1.82) is 0 Å². The number of nitrogens with zero attached hydrogens (tertiary/aromatic N) is 2. The monoisotopic (exact) mass is 287 g/mol. The Hall–Kier alpha value is -2.57. The molecule has 1 aliphatic rings. The first-order chi connectivity index (χ1) is 10.2. The van der Waals surface area contributed by atoms with Crippen molar-refractivity contribution in [1.82, 2.24) is 15.2 Å². The molecule has 0 atom stereocenters. The van der Waals surface area contributed by atoms with E-state index in [1.807, 2.05) is 24.3 Å². The van der Waals surface area contributed by atoms with Gasteiger partial charge in [-0.25, -0.2) is 9.89 Å². The molecule has 1 fully saturated rings. The normalized spacial score (nSPS) is 15.0. The molecule has 3 rings (SSSR count). The standard InChI is InChI=1S/C14H17N5O2/c20-13(12-16-14(21)18-17-12)15-10-4-6-11(7-5-10)19-8-2-1-3-9-19/h4-7H,1-3,8-9H2,(H,15,20)(H2,16,17,18,21). The molecule has 0 saturated carbocycles. The Morgan fingerprint density at radius 3 is 2.48 bits per heavy atom. The molecule has 1 saturated heterocycles. The molecule has 2 aromatic rings. The Bertz CT molecular complexity index is 667. The van der Waals surface area contributed by atoms with Crippen LogP contribution >= 0.6 is 0 Å². The fraction of sp³-hybridized carbons (Fsp3) is 0.357. The number of hydrogen-bond acceptors (Lipinski definition) is 4. The van der Waals surface area contributed by atoms with Crippen molar-refractivity contribution < 1.29 is 4.79 Å². The Kier molecular flexibility index (Phi) is 3.72. The van der Waals surface area contributed by atoms with Crippen LogP contribution in [0.1, 0.15) is 29.9 Å². The minimum atomic E-state index is -0.499. The van der Waals surface area contributed by atoms with Crippen LogP contribution < -0.4 is 15.9 Å². The second kappa shape index (κ2) is 5.82. The third-order valence-electron chi connectivity index (χ3n) is 3.56. The minimum absolute atomic E-state index is 0.0277. The molecule has 21 heavy (non-hydrogen) atoms. The molecule has 7 heteroatoms. The number of benzene rings is 1. The summed E-state index contributed by atoms with van der Waals surface area (Å²) in [4.78, 5) is 27.4. The molecule has 0 unspecified atom stereocenters. The zero-order valence-corrected chi connectivity index (χ0v) is 11.6. The summed E-state index contributed by atoms with van der Waals surface area (Å²) in [5, 5.41) is 8.44. The summed E-state index contributed by atoms with van der Waals surface area (Å²) in [6, 6.07) is 7.70. The smallest absolute Gasteiger partial charge is 0.341 e. The van der Waals surface area contributed by atoms with Crippen molar-refractivity contribution in [3.63, 3.8) is 0 Å². The van der Waals surface area contributed by atoms with Gasteiger partial charge in [0.2, 0.25) is 5.82 Å². The van der Waals surface area contributed by atoms with E-state index in [1.54, 1.807) is 0 Å². The average molecular weight is 287 g/mol. The van der Waals surface area contributed by atoms with E-state index < -0.39 is 11.6 Å². The molecule has 110 valence electrons. The fourth-order valence-corrected chi connectivity index (χ4v) is 2.48. The zero-order chi connectivity index (χ0) is 14.7. The summed E-state index contributed by atoms with van der Waals surface area (Å²) >= 11 is 0. The zero-order valence-electron chi connectivity index (χ0n) is 11.6. The Labute approximate surface area is 121 Å². The van der Waals surface area contributed by atoms with E-state index in [1.165, 1.54) is 24.9 Å². The van der Waals surface area contributed by atoms with Crippen LogP contribution in [0.3, 0.4) is 0 Å². The van der Waals surface area contributed by atoms with E-state index >= 15 is 0 Å². The number of nitrogens with one attached hydrogen (secondary N) is 3. The van der Waals surface area contributed by atoms with Crippen LogP contribution in [0.15, 0.2) is 29.1 Å². The number of H-pyrrole nitrogens is 2. The third kappa shape index (κ3) is 3.13. The van der Waals surface area contributed by atoms with Crippen molar-refractivity contribution in [2.24, 2.45) is 0 Å². The summed E-state index contributed by atoms with van der Waals surface area (Å²) < 4.78 is 0. The van der Waals surface area contributed by atoms with Gasteiger partial charge in [-0.3, -0.25) is 9.78 Å². The minimum Gasteiger partial charge on any atom is -0.372 e. The lowest BCUT2D eigenvalue weighted by Gasteiger charge is -2.28. The molecule has 3 N–H and O–H groups in total. The average Bonchev–Trinajstić information content (AvgIpc) is 2.96. The molecule has 1 aromatic heterocycles.